The standard InChI is InChI=1S/C24H17ClO5/c1-28-24(27)16-8-6-15(7-9-16)12-22-23(26)19-11-10-18(13-21(19)30-22)29-14-17-4-2-3-5-20(17)25/h2-13H,14H2,1H3/b22-12-. The molecule has 3 aromatic rings. The summed E-state index contributed by atoms with van der Waals surface area (Å²) in [6.45, 7) is 0.307. The van der Waals surface area contributed by atoms with Crippen LogP contribution < -0.4 is 9.47 Å². The Balaban J connectivity index is 1.49. The molecular formula is C24H17ClO5. The molecular weight excluding hydrogens is 404 g/mol. The Hall–Kier alpha value is -3.57. The second kappa shape index (κ2) is 8.43. The summed E-state index contributed by atoms with van der Waals surface area (Å²) in [5.41, 5.74) is 2.50. The molecule has 1 heterocycles. The fourth-order valence-electron chi connectivity index (χ4n) is 3.02. The molecule has 5 nitrogen and oxygen atoms in total. The van der Waals surface area contributed by atoms with E-state index < -0.39 is 5.97 Å². The predicted octanol–water partition coefficient (Wildman–Crippen LogP) is 5.32. The molecule has 1 aliphatic rings. The first-order valence-corrected chi connectivity index (χ1v) is 9.56. The summed E-state index contributed by atoms with van der Waals surface area (Å²) in [5.74, 6) is 0.595. The first-order chi connectivity index (χ1) is 14.5. The Bertz CT molecular complexity index is 1150. The summed E-state index contributed by atoms with van der Waals surface area (Å²) >= 11 is 6.15. The third kappa shape index (κ3) is 4.07. The number of rotatable bonds is 5. The van der Waals surface area contributed by atoms with E-state index in [4.69, 9.17) is 21.1 Å². The van der Waals surface area contributed by atoms with Gasteiger partial charge in [-0.1, -0.05) is 41.9 Å². The molecule has 0 unspecified atom stereocenters. The van der Waals surface area contributed by atoms with E-state index >= 15 is 0 Å². The average Bonchev–Trinajstić information content (AvgIpc) is 3.07. The number of allylic oxidation sites excluding steroid dienone is 1. The Morgan fingerprint density at radius 1 is 1.07 bits per heavy atom. The molecule has 30 heavy (non-hydrogen) atoms. The summed E-state index contributed by atoms with van der Waals surface area (Å²) < 4.78 is 16.2. The van der Waals surface area contributed by atoms with E-state index in [9.17, 15) is 9.59 Å². The normalized spacial score (nSPS) is 13.7. The summed E-state index contributed by atoms with van der Waals surface area (Å²) in [6, 6.07) is 19.2. The van der Waals surface area contributed by atoms with Crippen LogP contribution in [0.15, 0.2) is 72.5 Å². The second-order valence-electron chi connectivity index (χ2n) is 6.59. The average molecular weight is 421 g/mol. The van der Waals surface area contributed by atoms with Gasteiger partial charge in [-0.15, -0.1) is 0 Å². The van der Waals surface area contributed by atoms with Crippen LogP contribution in [-0.2, 0) is 11.3 Å². The van der Waals surface area contributed by atoms with E-state index in [0.717, 1.165) is 11.1 Å². The van der Waals surface area contributed by atoms with Gasteiger partial charge >= 0.3 is 5.97 Å². The zero-order chi connectivity index (χ0) is 21.1. The number of carbonyl (C=O) groups excluding carboxylic acids is 2. The third-order valence-corrected chi connectivity index (χ3v) is 4.99. The topological polar surface area (TPSA) is 61.8 Å². The lowest BCUT2D eigenvalue weighted by molar-refractivity contribution is 0.0600. The van der Waals surface area contributed by atoms with Crippen LogP contribution in [0.25, 0.3) is 6.08 Å². The molecule has 0 aliphatic carbocycles. The SMILES string of the molecule is COC(=O)c1ccc(/C=C2\Oc3cc(OCc4ccccc4Cl)ccc3C2=O)cc1. The van der Waals surface area contributed by atoms with Crippen LogP contribution in [0.1, 0.15) is 31.8 Å². The maximum absolute atomic E-state index is 12.6. The molecule has 150 valence electrons. The minimum absolute atomic E-state index is 0.207. The number of methoxy groups -OCH3 is 1. The van der Waals surface area contributed by atoms with Crippen LogP contribution in [-0.4, -0.2) is 18.9 Å². The van der Waals surface area contributed by atoms with Gasteiger partial charge in [-0.05, 0) is 42.0 Å². The van der Waals surface area contributed by atoms with Crippen molar-refractivity contribution < 1.29 is 23.8 Å². The molecule has 0 saturated heterocycles. The molecule has 0 saturated carbocycles. The molecule has 4 rings (SSSR count). The molecule has 0 atom stereocenters. The van der Waals surface area contributed by atoms with Crippen molar-refractivity contribution in [3.8, 4) is 11.5 Å². The van der Waals surface area contributed by atoms with Gasteiger partial charge in [-0.2, -0.15) is 0 Å². The lowest BCUT2D eigenvalue weighted by Gasteiger charge is -2.08. The Labute approximate surface area is 178 Å². The van der Waals surface area contributed by atoms with Crippen molar-refractivity contribution in [3.05, 3.63) is 99.8 Å². The van der Waals surface area contributed by atoms with Crippen LogP contribution >= 0.6 is 11.6 Å². The third-order valence-electron chi connectivity index (χ3n) is 4.62. The highest BCUT2D eigenvalue weighted by Gasteiger charge is 2.27. The number of ether oxygens (including phenoxy) is 3. The lowest BCUT2D eigenvalue weighted by Crippen LogP contribution is -2.01. The monoisotopic (exact) mass is 420 g/mol. The zero-order valence-corrected chi connectivity index (χ0v) is 16.8. The van der Waals surface area contributed by atoms with Crippen LogP contribution in [0, 0.1) is 0 Å². The number of halogens is 1. The van der Waals surface area contributed by atoms with Gasteiger partial charge in [0.05, 0.1) is 18.2 Å². The largest absolute Gasteiger partial charge is 0.489 e. The molecule has 0 spiro atoms. The fourth-order valence-corrected chi connectivity index (χ4v) is 3.21. The summed E-state index contributed by atoms with van der Waals surface area (Å²) in [7, 11) is 1.33. The number of esters is 1. The van der Waals surface area contributed by atoms with Gasteiger partial charge in [0.25, 0.3) is 0 Å². The highest BCUT2D eigenvalue weighted by molar-refractivity contribution is 6.31. The fraction of sp³-hybridized carbons (Fsp3) is 0.0833. The van der Waals surface area contributed by atoms with Gasteiger partial charge in [-0.25, -0.2) is 4.79 Å². The van der Waals surface area contributed by atoms with Gasteiger partial charge in [0.2, 0.25) is 5.78 Å². The zero-order valence-electron chi connectivity index (χ0n) is 16.1. The van der Waals surface area contributed by atoms with E-state index in [1.807, 2.05) is 18.2 Å². The molecule has 0 N–H and O–H groups in total. The number of fused-ring (bicyclic) bond motifs is 1. The summed E-state index contributed by atoms with van der Waals surface area (Å²) in [6.07, 6.45) is 1.63. The number of ketones is 1. The number of carbonyl (C=O) groups is 2. The summed E-state index contributed by atoms with van der Waals surface area (Å²) in [5, 5.41) is 0.633. The van der Waals surface area contributed by atoms with Crippen molar-refractivity contribution in [1.29, 1.82) is 0 Å². The maximum Gasteiger partial charge on any atom is 0.337 e. The van der Waals surface area contributed by atoms with Crippen LogP contribution in [0.4, 0.5) is 0 Å². The molecule has 6 heteroatoms. The van der Waals surface area contributed by atoms with E-state index in [-0.39, 0.29) is 11.5 Å². The van der Waals surface area contributed by atoms with Crippen molar-refractivity contribution in [3.63, 3.8) is 0 Å². The molecule has 0 bridgehead atoms. The quantitative estimate of drug-likeness (QED) is 0.413. The Morgan fingerprint density at radius 2 is 1.83 bits per heavy atom. The maximum atomic E-state index is 12.6. The van der Waals surface area contributed by atoms with Crippen molar-refractivity contribution in [2.45, 2.75) is 6.61 Å². The number of hydrogen-bond acceptors (Lipinski definition) is 5. The highest BCUT2D eigenvalue weighted by atomic mass is 35.5. The van der Waals surface area contributed by atoms with Crippen molar-refractivity contribution in [2.24, 2.45) is 0 Å². The second-order valence-corrected chi connectivity index (χ2v) is 7.00. The Morgan fingerprint density at radius 3 is 2.57 bits per heavy atom. The molecule has 0 aromatic heterocycles. The molecule has 3 aromatic carbocycles. The van der Waals surface area contributed by atoms with E-state index in [1.54, 1.807) is 54.6 Å². The highest BCUT2D eigenvalue weighted by Crippen LogP contribution is 2.35. The lowest BCUT2D eigenvalue weighted by atomic mass is 10.1. The molecule has 1 aliphatic heterocycles. The van der Waals surface area contributed by atoms with Gasteiger partial charge in [0.1, 0.15) is 18.1 Å². The first-order valence-electron chi connectivity index (χ1n) is 9.18. The van der Waals surface area contributed by atoms with Crippen LogP contribution in [0.2, 0.25) is 5.02 Å². The number of Topliss-reactive ketones (excluding diaryl/α,β-unsaturated/α-hetero) is 1. The molecule has 0 radical (unpaired) electrons. The first kappa shape index (κ1) is 19.7. The number of benzene rings is 3. The van der Waals surface area contributed by atoms with Crippen molar-refractivity contribution >= 4 is 29.4 Å². The van der Waals surface area contributed by atoms with E-state index in [0.29, 0.717) is 34.3 Å². The Kier molecular flexibility index (Phi) is 5.55. The predicted molar refractivity (Wildman–Crippen MR) is 113 cm³/mol. The molecule has 0 amide bonds. The van der Waals surface area contributed by atoms with Crippen molar-refractivity contribution in [1.82, 2.24) is 0 Å². The summed E-state index contributed by atoms with van der Waals surface area (Å²) in [4.78, 5) is 24.2. The molecule has 0 fully saturated rings. The van der Waals surface area contributed by atoms with Crippen molar-refractivity contribution in [2.75, 3.05) is 7.11 Å². The van der Waals surface area contributed by atoms with E-state index in [2.05, 4.69) is 4.74 Å². The smallest absolute Gasteiger partial charge is 0.337 e. The van der Waals surface area contributed by atoms with Crippen LogP contribution in [0.5, 0.6) is 11.5 Å². The van der Waals surface area contributed by atoms with Gasteiger partial charge < -0.3 is 14.2 Å². The van der Waals surface area contributed by atoms with Gasteiger partial charge in [0, 0.05) is 16.7 Å². The van der Waals surface area contributed by atoms with Gasteiger partial charge in [0.15, 0.2) is 5.76 Å². The minimum Gasteiger partial charge on any atom is -0.489 e. The number of hydrogen-bond donors (Lipinski definition) is 0. The van der Waals surface area contributed by atoms with Gasteiger partial charge in [-0.3, -0.25) is 4.79 Å². The minimum atomic E-state index is -0.417. The van der Waals surface area contributed by atoms with Crippen LogP contribution in [0.3, 0.4) is 0 Å². The van der Waals surface area contributed by atoms with E-state index in [1.165, 1.54) is 7.11 Å².